The predicted octanol–water partition coefficient (Wildman–Crippen LogP) is 4.29. The van der Waals surface area contributed by atoms with Crippen LogP contribution in [0.1, 0.15) is 44.9 Å². The zero-order chi connectivity index (χ0) is 26.1. The van der Waals surface area contributed by atoms with Crippen molar-refractivity contribution >= 4 is 28.8 Å². The number of benzene rings is 2. The molecule has 5 rings (SSSR count). The van der Waals surface area contributed by atoms with Gasteiger partial charge in [0, 0.05) is 54.8 Å². The van der Waals surface area contributed by atoms with Gasteiger partial charge in [-0.3, -0.25) is 24.6 Å². The van der Waals surface area contributed by atoms with Crippen LogP contribution in [-0.2, 0) is 11.2 Å². The molecule has 2 amide bonds. The number of thiophene rings is 1. The average Bonchev–Trinajstić information content (AvgIpc) is 3.38. The van der Waals surface area contributed by atoms with Gasteiger partial charge in [-0.25, -0.2) is 0 Å². The lowest BCUT2D eigenvalue weighted by Gasteiger charge is -2.42. The minimum atomic E-state index is -0.480. The highest BCUT2D eigenvalue weighted by Gasteiger charge is 2.34. The second-order valence-electron chi connectivity index (χ2n) is 9.82. The van der Waals surface area contributed by atoms with Crippen molar-refractivity contribution in [3.8, 4) is 0 Å². The van der Waals surface area contributed by atoms with Crippen molar-refractivity contribution in [3.63, 3.8) is 0 Å². The van der Waals surface area contributed by atoms with Crippen LogP contribution >= 0.6 is 11.3 Å². The third-order valence-electron chi connectivity index (χ3n) is 7.36. The first-order chi connectivity index (χ1) is 17.8. The third-order valence-corrected chi connectivity index (χ3v) is 8.36. The fraction of sp³-hybridized carbons (Fsp3) is 0.357. The second kappa shape index (κ2) is 10.4. The lowest BCUT2D eigenvalue weighted by molar-refractivity contribution is -0.384. The van der Waals surface area contributed by atoms with Crippen LogP contribution in [0.15, 0.2) is 60.0 Å². The maximum absolute atomic E-state index is 13.5. The fourth-order valence-electron chi connectivity index (χ4n) is 5.33. The number of hydrogen-bond acceptors (Lipinski definition) is 6. The van der Waals surface area contributed by atoms with E-state index in [2.05, 4.69) is 47.5 Å². The normalized spacial score (nSPS) is 19.9. The van der Waals surface area contributed by atoms with E-state index in [1.807, 2.05) is 11.8 Å². The van der Waals surface area contributed by atoms with Gasteiger partial charge in [0.05, 0.1) is 17.5 Å². The number of nitro groups is 1. The second-order valence-corrected chi connectivity index (χ2v) is 10.8. The van der Waals surface area contributed by atoms with Crippen molar-refractivity contribution in [3.05, 3.63) is 97.2 Å². The van der Waals surface area contributed by atoms with Crippen LogP contribution in [0.25, 0.3) is 0 Å². The van der Waals surface area contributed by atoms with Crippen LogP contribution in [0.3, 0.4) is 0 Å². The molecule has 37 heavy (non-hydrogen) atoms. The average molecular weight is 519 g/mol. The molecule has 1 saturated heterocycles. The van der Waals surface area contributed by atoms with Crippen LogP contribution in [-0.4, -0.2) is 70.2 Å². The predicted molar refractivity (Wildman–Crippen MR) is 143 cm³/mol. The quantitative estimate of drug-likeness (QED) is 0.372. The van der Waals surface area contributed by atoms with Crippen LogP contribution in [0.5, 0.6) is 0 Å². The summed E-state index contributed by atoms with van der Waals surface area (Å²) in [7, 11) is 0. The number of carbonyl (C=O) groups is 2. The van der Waals surface area contributed by atoms with E-state index in [4.69, 9.17) is 0 Å². The van der Waals surface area contributed by atoms with Crippen molar-refractivity contribution in [2.75, 3.05) is 32.7 Å². The Kier molecular flexibility index (Phi) is 7.08. The molecule has 192 valence electrons. The number of nitro benzene ring substituents is 1. The molecular weight excluding hydrogens is 488 g/mol. The van der Waals surface area contributed by atoms with E-state index in [-0.39, 0.29) is 29.6 Å². The van der Waals surface area contributed by atoms with E-state index in [1.165, 1.54) is 45.8 Å². The smallest absolute Gasteiger partial charge is 0.269 e. The van der Waals surface area contributed by atoms with Gasteiger partial charge in [0.25, 0.3) is 11.6 Å². The molecular formula is C28H30N4O4S. The van der Waals surface area contributed by atoms with Gasteiger partial charge in [-0.15, -0.1) is 11.3 Å². The largest absolute Gasteiger partial charge is 0.338 e. The van der Waals surface area contributed by atoms with E-state index in [0.29, 0.717) is 31.7 Å². The van der Waals surface area contributed by atoms with Crippen molar-refractivity contribution in [1.82, 2.24) is 14.7 Å². The van der Waals surface area contributed by atoms with Crippen LogP contribution in [0.4, 0.5) is 5.69 Å². The molecule has 0 radical (unpaired) electrons. The van der Waals surface area contributed by atoms with Gasteiger partial charge in [-0.2, -0.15) is 0 Å². The Morgan fingerprint density at radius 3 is 2.43 bits per heavy atom. The summed E-state index contributed by atoms with van der Waals surface area (Å²) in [4.78, 5) is 44.2. The Labute approximate surface area is 220 Å². The molecule has 0 N–H and O–H groups in total. The van der Waals surface area contributed by atoms with Crippen molar-refractivity contribution in [1.29, 1.82) is 0 Å². The number of carbonyl (C=O) groups excluding carboxylic acids is 2. The van der Waals surface area contributed by atoms with Crippen LogP contribution in [0, 0.1) is 17.0 Å². The summed E-state index contributed by atoms with van der Waals surface area (Å²) in [6.45, 7) is 6.53. The van der Waals surface area contributed by atoms with Crippen molar-refractivity contribution in [2.45, 2.75) is 32.4 Å². The van der Waals surface area contributed by atoms with Gasteiger partial charge in [-0.05, 0) is 55.0 Å². The van der Waals surface area contributed by atoms with E-state index >= 15 is 0 Å². The lowest BCUT2D eigenvalue weighted by Crippen LogP contribution is -2.57. The molecule has 0 saturated carbocycles. The van der Waals surface area contributed by atoms with E-state index in [0.717, 1.165) is 13.0 Å². The molecule has 3 aromatic rings. The third kappa shape index (κ3) is 5.14. The first-order valence-corrected chi connectivity index (χ1v) is 13.4. The zero-order valence-corrected chi connectivity index (χ0v) is 21.8. The minimum Gasteiger partial charge on any atom is -0.338 e. The van der Waals surface area contributed by atoms with Gasteiger partial charge in [-0.1, -0.05) is 29.8 Å². The summed E-state index contributed by atoms with van der Waals surface area (Å²) in [5, 5.41) is 13.0. The maximum atomic E-state index is 13.5. The molecule has 1 fully saturated rings. The standard InChI is InChI=1S/C28H30N4O4S/c1-19-3-5-21(6-4-19)27-24-12-16-37-25(24)11-13-30(27)18-26(33)29-14-15-31(20(2)17-29)28(34)22-7-9-23(10-8-22)32(35)36/h3-10,12,16,20,27H,11,13-15,17-18H2,1-2H3/t20-,27+/m1/s1. The van der Waals surface area contributed by atoms with E-state index in [1.54, 1.807) is 16.2 Å². The van der Waals surface area contributed by atoms with Gasteiger partial charge in [0.1, 0.15) is 0 Å². The molecule has 2 atom stereocenters. The summed E-state index contributed by atoms with van der Waals surface area (Å²) in [5.74, 6) is -0.0972. The van der Waals surface area contributed by atoms with Gasteiger partial charge in [0.15, 0.2) is 0 Å². The van der Waals surface area contributed by atoms with E-state index in [9.17, 15) is 19.7 Å². The molecule has 0 unspecified atom stereocenters. The Balaban J connectivity index is 1.26. The highest BCUT2D eigenvalue weighted by molar-refractivity contribution is 7.10. The number of piperazine rings is 1. The van der Waals surface area contributed by atoms with Crippen LogP contribution in [0.2, 0.25) is 0 Å². The highest BCUT2D eigenvalue weighted by Crippen LogP contribution is 2.37. The number of rotatable bonds is 5. The molecule has 2 aromatic carbocycles. The fourth-order valence-corrected chi connectivity index (χ4v) is 6.23. The number of hydrogen-bond donors (Lipinski definition) is 0. The minimum absolute atomic E-state index is 0.0451. The number of amides is 2. The molecule has 3 heterocycles. The Hall–Kier alpha value is -3.56. The molecule has 2 aliphatic rings. The van der Waals surface area contributed by atoms with Gasteiger partial charge < -0.3 is 9.80 Å². The first kappa shape index (κ1) is 25.1. The molecule has 0 bridgehead atoms. The molecule has 0 spiro atoms. The topological polar surface area (TPSA) is 87.0 Å². The molecule has 1 aromatic heterocycles. The number of non-ortho nitro benzene ring substituents is 1. The molecule has 9 heteroatoms. The summed E-state index contributed by atoms with van der Waals surface area (Å²) in [5.41, 5.74) is 4.07. The Morgan fingerprint density at radius 1 is 1.03 bits per heavy atom. The highest BCUT2D eigenvalue weighted by atomic mass is 32.1. The molecule has 2 aliphatic heterocycles. The van der Waals surface area contributed by atoms with Crippen molar-refractivity contribution in [2.24, 2.45) is 0 Å². The summed E-state index contributed by atoms with van der Waals surface area (Å²) < 4.78 is 0. The summed E-state index contributed by atoms with van der Waals surface area (Å²) >= 11 is 1.79. The summed E-state index contributed by atoms with van der Waals surface area (Å²) in [6.07, 6.45) is 0.941. The zero-order valence-electron chi connectivity index (χ0n) is 21.0. The van der Waals surface area contributed by atoms with E-state index < -0.39 is 4.92 Å². The maximum Gasteiger partial charge on any atom is 0.269 e. The van der Waals surface area contributed by atoms with Gasteiger partial charge in [0.2, 0.25) is 5.91 Å². The van der Waals surface area contributed by atoms with Crippen molar-refractivity contribution < 1.29 is 14.5 Å². The lowest BCUT2D eigenvalue weighted by atomic mass is 9.92. The monoisotopic (exact) mass is 518 g/mol. The number of nitrogens with zero attached hydrogens (tertiary/aromatic N) is 4. The Morgan fingerprint density at radius 2 is 1.76 bits per heavy atom. The Bertz CT molecular complexity index is 1300. The first-order valence-electron chi connectivity index (χ1n) is 12.5. The van der Waals surface area contributed by atoms with Gasteiger partial charge >= 0.3 is 0 Å². The molecule has 8 nitrogen and oxygen atoms in total. The summed E-state index contributed by atoms with van der Waals surface area (Å²) in [6, 6.07) is 16.3. The number of fused-ring (bicyclic) bond motifs is 1. The SMILES string of the molecule is Cc1ccc([C@H]2c3ccsc3CCN2CC(=O)N2CCN(C(=O)c3ccc([N+](=O)[O-])cc3)[C@H](C)C2)cc1. The molecule has 0 aliphatic carbocycles. The van der Waals surface area contributed by atoms with Crippen LogP contribution < -0.4 is 0 Å². The number of aryl methyl sites for hydroxylation is 1.